The lowest BCUT2D eigenvalue weighted by molar-refractivity contribution is 0.415. The summed E-state index contributed by atoms with van der Waals surface area (Å²) in [5, 5.41) is 1.38. The van der Waals surface area contributed by atoms with E-state index in [1.54, 1.807) is 14.2 Å². The van der Waals surface area contributed by atoms with E-state index in [-0.39, 0.29) is 0 Å². The number of halogens is 2. The van der Waals surface area contributed by atoms with Gasteiger partial charge in [-0.1, -0.05) is 23.2 Å². The van der Waals surface area contributed by atoms with Crippen LogP contribution in [-0.2, 0) is 0 Å². The highest BCUT2D eigenvalue weighted by atomic mass is 35.5. The van der Waals surface area contributed by atoms with Crippen molar-refractivity contribution in [3.63, 3.8) is 0 Å². The molecular weight excluding hydrogens is 515 g/mol. The normalized spacial score (nSPS) is 10.6. The lowest BCUT2D eigenvalue weighted by Gasteiger charge is -2.28. The van der Waals surface area contributed by atoms with E-state index in [1.807, 2.05) is 97.1 Å². The van der Waals surface area contributed by atoms with Crippen molar-refractivity contribution in [2.24, 2.45) is 0 Å². The van der Waals surface area contributed by atoms with Crippen molar-refractivity contribution in [3.05, 3.63) is 131 Å². The van der Waals surface area contributed by atoms with Crippen LogP contribution < -0.4 is 19.3 Å². The number of hydrogen-bond donors (Lipinski definition) is 0. The van der Waals surface area contributed by atoms with E-state index in [4.69, 9.17) is 32.7 Å². The van der Waals surface area contributed by atoms with E-state index in [9.17, 15) is 0 Å². The third-order valence-electron chi connectivity index (χ3n) is 6.20. The Hall–Kier alpha value is -4.12. The third kappa shape index (κ3) is 5.57. The Bertz CT molecular complexity index is 1380. The molecule has 0 amide bonds. The van der Waals surface area contributed by atoms with Gasteiger partial charge in [0.15, 0.2) is 0 Å². The first-order valence-electron chi connectivity index (χ1n) is 12.1. The molecule has 0 atom stereocenters. The molecule has 38 heavy (non-hydrogen) atoms. The number of anilines is 6. The summed E-state index contributed by atoms with van der Waals surface area (Å²) in [6.45, 7) is 0. The molecule has 0 aliphatic heterocycles. The lowest BCUT2D eigenvalue weighted by Crippen LogP contribution is -2.12. The summed E-state index contributed by atoms with van der Waals surface area (Å²) >= 11 is 12.4. The fraction of sp³-hybridized carbons (Fsp3) is 0.0625. The first-order chi connectivity index (χ1) is 18.6. The molecule has 0 radical (unpaired) electrons. The van der Waals surface area contributed by atoms with E-state index in [1.165, 1.54) is 0 Å². The molecular formula is C32H26Cl2N2O2. The Kier molecular flexibility index (Phi) is 7.73. The predicted molar refractivity (Wildman–Crippen MR) is 159 cm³/mol. The molecule has 0 aliphatic rings. The van der Waals surface area contributed by atoms with Gasteiger partial charge in [0.25, 0.3) is 0 Å². The summed E-state index contributed by atoms with van der Waals surface area (Å²) in [6, 6.07) is 40.1. The molecule has 0 aromatic heterocycles. The molecule has 6 heteroatoms. The van der Waals surface area contributed by atoms with Gasteiger partial charge in [-0.2, -0.15) is 0 Å². The van der Waals surface area contributed by atoms with Crippen LogP contribution in [0.2, 0.25) is 10.0 Å². The first kappa shape index (κ1) is 25.5. The second-order valence-electron chi connectivity index (χ2n) is 8.54. The minimum atomic E-state index is 0.690. The molecule has 5 aromatic rings. The first-order valence-corrected chi connectivity index (χ1v) is 12.8. The van der Waals surface area contributed by atoms with E-state index < -0.39 is 0 Å². The molecule has 190 valence electrons. The van der Waals surface area contributed by atoms with Crippen LogP contribution in [0.1, 0.15) is 0 Å². The second-order valence-corrected chi connectivity index (χ2v) is 9.41. The van der Waals surface area contributed by atoms with Gasteiger partial charge in [-0.3, -0.25) is 0 Å². The molecule has 0 heterocycles. The van der Waals surface area contributed by atoms with Crippen LogP contribution in [0.4, 0.5) is 34.1 Å². The topological polar surface area (TPSA) is 24.9 Å². The van der Waals surface area contributed by atoms with E-state index in [2.05, 4.69) is 34.1 Å². The monoisotopic (exact) mass is 540 g/mol. The standard InChI is InChI=1S/C32H26Cl2N2O2/c1-37-31-19-15-29(16-20-31)36(30-17-21-32(38-2)22-18-30)28-13-11-27(12-14-28)35(25-7-3-23(33)4-8-25)26-9-5-24(34)6-10-26/h3-22H,1-2H3. The number of rotatable bonds is 8. The van der Waals surface area contributed by atoms with Crippen molar-refractivity contribution in [3.8, 4) is 11.5 Å². The maximum absolute atomic E-state index is 6.18. The molecule has 4 nitrogen and oxygen atoms in total. The molecule has 0 aliphatic carbocycles. The van der Waals surface area contributed by atoms with Crippen molar-refractivity contribution in [2.75, 3.05) is 24.0 Å². The average Bonchev–Trinajstić information content (AvgIpc) is 2.97. The molecule has 0 fully saturated rings. The van der Waals surface area contributed by atoms with Gasteiger partial charge in [0.2, 0.25) is 0 Å². The summed E-state index contributed by atoms with van der Waals surface area (Å²) in [5.74, 6) is 1.61. The summed E-state index contributed by atoms with van der Waals surface area (Å²) in [7, 11) is 3.34. The van der Waals surface area contributed by atoms with E-state index in [0.29, 0.717) is 10.0 Å². The minimum absolute atomic E-state index is 0.690. The van der Waals surface area contributed by atoms with Gasteiger partial charge in [0, 0.05) is 44.2 Å². The van der Waals surface area contributed by atoms with Gasteiger partial charge in [-0.05, 0) is 121 Å². The zero-order valence-corrected chi connectivity index (χ0v) is 22.5. The van der Waals surface area contributed by atoms with Crippen LogP contribution in [-0.4, -0.2) is 14.2 Å². The number of benzene rings is 5. The number of hydrogen-bond acceptors (Lipinski definition) is 4. The molecule has 5 rings (SSSR count). The van der Waals surface area contributed by atoms with Gasteiger partial charge < -0.3 is 19.3 Å². The maximum Gasteiger partial charge on any atom is 0.119 e. The van der Waals surface area contributed by atoms with Crippen LogP contribution in [0, 0.1) is 0 Å². The summed E-state index contributed by atoms with van der Waals surface area (Å²) < 4.78 is 10.7. The average molecular weight is 541 g/mol. The maximum atomic E-state index is 6.18. The number of methoxy groups -OCH3 is 2. The molecule has 0 unspecified atom stereocenters. The Balaban J connectivity index is 1.56. The smallest absolute Gasteiger partial charge is 0.119 e. The van der Waals surface area contributed by atoms with Crippen molar-refractivity contribution in [1.29, 1.82) is 0 Å². The predicted octanol–water partition coefficient (Wildman–Crippen LogP) is 9.95. The van der Waals surface area contributed by atoms with Gasteiger partial charge in [0.1, 0.15) is 11.5 Å². The van der Waals surface area contributed by atoms with E-state index >= 15 is 0 Å². The van der Waals surface area contributed by atoms with Gasteiger partial charge in [-0.25, -0.2) is 0 Å². The zero-order chi connectivity index (χ0) is 26.5. The highest BCUT2D eigenvalue weighted by Crippen LogP contribution is 2.40. The lowest BCUT2D eigenvalue weighted by atomic mass is 10.1. The fourth-order valence-corrected chi connectivity index (χ4v) is 4.54. The highest BCUT2D eigenvalue weighted by Gasteiger charge is 2.16. The summed E-state index contributed by atoms with van der Waals surface area (Å²) in [5.41, 5.74) is 6.02. The number of ether oxygens (including phenoxy) is 2. The van der Waals surface area contributed by atoms with Crippen molar-refractivity contribution in [1.82, 2.24) is 0 Å². The van der Waals surface area contributed by atoms with Crippen LogP contribution in [0.15, 0.2) is 121 Å². The SMILES string of the molecule is COc1ccc(N(c2ccc(OC)cc2)c2ccc(N(c3ccc(Cl)cc3)c3ccc(Cl)cc3)cc2)cc1. The minimum Gasteiger partial charge on any atom is -0.497 e. The van der Waals surface area contributed by atoms with Crippen LogP contribution in [0.25, 0.3) is 0 Å². The summed E-state index contributed by atoms with van der Waals surface area (Å²) in [4.78, 5) is 4.36. The van der Waals surface area contributed by atoms with Crippen LogP contribution in [0.3, 0.4) is 0 Å². The molecule has 5 aromatic carbocycles. The second kappa shape index (κ2) is 11.5. The largest absolute Gasteiger partial charge is 0.497 e. The highest BCUT2D eigenvalue weighted by molar-refractivity contribution is 6.31. The Morgan fingerprint density at radius 3 is 0.816 bits per heavy atom. The Morgan fingerprint density at radius 1 is 0.368 bits per heavy atom. The van der Waals surface area contributed by atoms with Crippen LogP contribution in [0.5, 0.6) is 11.5 Å². The third-order valence-corrected chi connectivity index (χ3v) is 6.70. The quantitative estimate of drug-likeness (QED) is 0.195. The Labute approximate surface area is 233 Å². The molecule has 0 N–H and O–H groups in total. The zero-order valence-electron chi connectivity index (χ0n) is 21.0. The Morgan fingerprint density at radius 2 is 0.579 bits per heavy atom. The van der Waals surface area contributed by atoms with Crippen LogP contribution >= 0.6 is 23.2 Å². The fourth-order valence-electron chi connectivity index (χ4n) is 4.29. The number of nitrogens with zero attached hydrogens (tertiary/aromatic N) is 2. The van der Waals surface area contributed by atoms with Gasteiger partial charge >= 0.3 is 0 Å². The molecule has 0 bridgehead atoms. The molecule has 0 spiro atoms. The van der Waals surface area contributed by atoms with Gasteiger partial charge in [-0.15, -0.1) is 0 Å². The molecule has 0 saturated carbocycles. The van der Waals surface area contributed by atoms with Crippen molar-refractivity contribution >= 4 is 57.3 Å². The van der Waals surface area contributed by atoms with E-state index in [0.717, 1.165) is 45.6 Å². The van der Waals surface area contributed by atoms with Crippen molar-refractivity contribution < 1.29 is 9.47 Å². The molecule has 0 saturated heterocycles. The van der Waals surface area contributed by atoms with Crippen molar-refractivity contribution in [2.45, 2.75) is 0 Å². The van der Waals surface area contributed by atoms with Gasteiger partial charge in [0.05, 0.1) is 14.2 Å². The summed E-state index contributed by atoms with van der Waals surface area (Å²) in [6.07, 6.45) is 0.